The van der Waals surface area contributed by atoms with Crippen LogP contribution in [-0.2, 0) is 0 Å². The first-order valence-corrected chi connectivity index (χ1v) is 11.4. The molecule has 0 bridgehead atoms. The molecule has 0 radical (unpaired) electrons. The number of rotatable bonds is 5. The third-order valence-corrected chi connectivity index (χ3v) is 6.55. The number of thioether (sulfide) groups is 1. The van der Waals surface area contributed by atoms with Crippen LogP contribution in [0.15, 0.2) is 41.9 Å². The number of anilines is 2. The molecule has 1 fully saturated rings. The van der Waals surface area contributed by atoms with Gasteiger partial charge in [-0.2, -0.15) is 11.8 Å². The number of halogens is 1. The number of amides is 1. The van der Waals surface area contributed by atoms with Crippen molar-refractivity contribution in [3.8, 4) is 16.3 Å². The number of hydrogen-bond acceptors (Lipinski definition) is 7. The fraction of sp³-hybridized carbons (Fsp3) is 0.250. The summed E-state index contributed by atoms with van der Waals surface area (Å²) in [4.78, 5) is 24.0. The highest BCUT2D eigenvalue weighted by atomic mass is 35.5. The van der Waals surface area contributed by atoms with E-state index in [1.54, 1.807) is 30.7 Å². The third-order valence-electron chi connectivity index (χ3n) is 4.48. The monoisotopic (exact) mass is 446 g/mol. The summed E-state index contributed by atoms with van der Waals surface area (Å²) in [5, 5.41) is 5.80. The van der Waals surface area contributed by atoms with Gasteiger partial charge in [0.05, 0.1) is 12.8 Å². The van der Waals surface area contributed by atoms with Gasteiger partial charge in [-0.1, -0.05) is 11.6 Å². The lowest BCUT2D eigenvalue weighted by Crippen LogP contribution is -2.32. The Morgan fingerprint density at radius 2 is 2.07 bits per heavy atom. The zero-order valence-corrected chi connectivity index (χ0v) is 18.1. The van der Waals surface area contributed by atoms with Crippen molar-refractivity contribution in [1.29, 1.82) is 0 Å². The Morgan fingerprint density at radius 3 is 2.79 bits per heavy atom. The second kappa shape index (κ2) is 9.02. The Hall–Kier alpha value is -2.29. The largest absolute Gasteiger partial charge is 0.495 e. The van der Waals surface area contributed by atoms with Crippen LogP contribution in [0, 0.1) is 0 Å². The lowest BCUT2D eigenvalue weighted by atomic mass is 10.2. The second-order valence-corrected chi connectivity index (χ2v) is 8.86. The van der Waals surface area contributed by atoms with E-state index in [0.717, 1.165) is 41.0 Å². The molecule has 1 amide bonds. The first-order chi connectivity index (χ1) is 14.1. The molecule has 150 valence electrons. The summed E-state index contributed by atoms with van der Waals surface area (Å²) in [6.45, 7) is 2.04. The van der Waals surface area contributed by atoms with Gasteiger partial charge in [0.1, 0.15) is 22.3 Å². The molecule has 3 heterocycles. The van der Waals surface area contributed by atoms with Gasteiger partial charge in [-0.15, -0.1) is 11.3 Å². The smallest absolute Gasteiger partial charge is 0.275 e. The molecule has 0 saturated carbocycles. The summed E-state index contributed by atoms with van der Waals surface area (Å²) in [7, 11) is 1.54. The molecule has 29 heavy (non-hydrogen) atoms. The number of methoxy groups -OCH3 is 1. The molecule has 0 spiro atoms. The summed E-state index contributed by atoms with van der Waals surface area (Å²) in [6, 6.07) is 9.08. The normalized spacial score (nSPS) is 13.9. The van der Waals surface area contributed by atoms with E-state index in [-0.39, 0.29) is 5.91 Å². The highest BCUT2D eigenvalue weighted by Gasteiger charge is 2.16. The first-order valence-electron chi connectivity index (χ1n) is 9.03. The summed E-state index contributed by atoms with van der Waals surface area (Å²) in [5.41, 5.74) is 1.74. The van der Waals surface area contributed by atoms with Crippen LogP contribution >= 0.6 is 34.7 Å². The Balaban J connectivity index is 1.48. The summed E-state index contributed by atoms with van der Waals surface area (Å²) >= 11 is 9.41. The zero-order valence-electron chi connectivity index (χ0n) is 15.7. The molecule has 0 unspecified atom stereocenters. The number of carbonyl (C=O) groups excluding carboxylic acids is 1. The fourth-order valence-electron chi connectivity index (χ4n) is 2.97. The molecule has 4 rings (SSSR count). The van der Waals surface area contributed by atoms with E-state index in [9.17, 15) is 4.79 Å². The van der Waals surface area contributed by atoms with Crippen LogP contribution in [0.4, 0.5) is 11.5 Å². The Bertz CT molecular complexity index is 1000. The lowest BCUT2D eigenvalue weighted by molar-refractivity contribution is 0.102. The number of ether oxygens (including phenoxy) is 1. The molecule has 1 aromatic carbocycles. The van der Waals surface area contributed by atoms with Crippen molar-refractivity contribution < 1.29 is 9.53 Å². The molecule has 6 nitrogen and oxygen atoms in total. The van der Waals surface area contributed by atoms with E-state index < -0.39 is 0 Å². The Labute approximate surface area is 182 Å². The van der Waals surface area contributed by atoms with E-state index in [2.05, 4.69) is 20.2 Å². The summed E-state index contributed by atoms with van der Waals surface area (Å²) < 4.78 is 5.27. The van der Waals surface area contributed by atoms with Crippen molar-refractivity contribution in [2.45, 2.75) is 0 Å². The topological polar surface area (TPSA) is 67.3 Å². The van der Waals surface area contributed by atoms with Crippen LogP contribution in [-0.4, -0.2) is 47.6 Å². The van der Waals surface area contributed by atoms with E-state index in [0.29, 0.717) is 22.2 Å². The van der Waals surface area contributed by atoms with Gasteiger partial charge in [-0.3, -0.25) is 4.79 Å². The molecule has 0 aliphatic carbocycles. The molecular formula is C20H19ClN4O2S2. The van der Waals surface area contributed by atoms with Gasteiger partial charge in [0.25, 0.3) is 5.91 Å². The number of pyridine rings is 1. The first kappa shape index (κ1) is 20.0. The minimum absolute atomic E-state index is 0.316. The van der Waals surface area contributed by atoms with Gasteiger partial charge in [-0.05, 0) is 30.3 Å². The van der Waals surface area contributed by atoms with Crippen molar-refractivity contribution in [3.05, 3.63) is 52.6 Å². The van der Waals surface area contributed by atoms with E-state index in [1.165, 1.54) is 11.3 Å². The number of nitrogens with one attached hydrogen (secondary N) is 1. The second-order valence-electron chi connectivity index (χ2n) is 6.34. The summed E-state index contributed by atoms with van der Waals surface area (Å²) in [5.74, 6) is 3.46. The number of benzene rings is 1. The molecule has 9 heteroatoms. The fourth-order valence-corrected chi connectivity index (χ4v) is 4.83. The molecular weight excluding hydrogens is 428 g/mol. The summed E-state index contributed by atoms with van der Waals surface area (Å²) in [6.07, 6.45) is 1.82. The molecule has 2 aromatic heterocycles. The zero-order chi connectivity index (χ0) is 20.2. The van der Waals surface area contributed by atoms with Crippen molar-refractivity contribution in [2.24, 2.45) is 0 Å². The van der Waals surface area contributed by atoms with Crippen molar-refractivity contribution >= 4 is 52.1 Å². The van der Waals surface area contributed by atoms with Gasteiger partial charge in [0, 0.05) is 46.8 Å². The maximum atomic E-state index is 12.6. The lowest BCUT2D eigenvalue weighted by Gasteiger charge is -2.27. The van der Waals surface area contributed by atoms with E-state index in [4.69, 9.17) is 16.3 Å². The number of carbonyl (C=O) groups is 1. The highest BCUT2D eigenvalue weighted by Crippen LogP contribution is 2.29. The Morgan fingerprint density at radius 1 is 1.24 bits per heavy atom. The molecule has 3 aromatic rings. The maximum absolute atomic E-state index is 12.6. The molecule has 1 aliphatic heterocycles. The SMILES string of the molecule is COc1ccc(Cl)cc1NC(=O)c1csc(-c2ccc(N3CCSCC3)nc2)n1. The average molecular weight is 447 g/mol. The molecule has 1 N–H and O–H groups in total. The van der Waals surface area contributed by atoms with Gasteiger partial charge in [0.2, 0.25) is 0 Å². The van der Waals surface area contributed by atoms with Gasteiger partial charge < -0.3 is 15.0 Å². The average Bonchev–Trinajstić information content (AvgIpc) is 3.25. The van der Waals surface area contributed by atoms with Crippen LogP contribution in [0.5, 0.6) is 5.75 Å². The predicted octanol–water partition coefficient (Wildman–Crippen LogP) is 4.67. The number of aromatic nitrogens is 2. The molecule has 1 aliphatic rings. The highest BCUT2D eigenvalue weighted by molar-refractivity contribution is 7.99. The maximum Gasteiger partial charge on any atom is 0.275 e. The predicted molar refractivity (Wildman–Crippen MR) is 121 cm³/mol. The Kier molecular flexibility index (Phi) is 6.22. The third kappa shape index (κ3) is 4.66. The van der Waals surface area contributed by atoms with Crippen molar-refractivity contribution in [2.75, 3.05) is 41.9 Å². The number of thiazole rings is 1. The molecule has 1 saturated heterocycles. The minimum Gasteiger partial charge on any atom is -0.495 e. The van der Waals surface area contributed by atoms with Crippen LogP contribution in [0.2, 0.25) is 5.02 Å². The molecule has 0 atom stereocenters. The van der Waals surface area contributed by atoms with E-state index >= 15 is 0 Å². The van der Waals surface area contributed by atoms with Gasteiger partial charge in [-0.25, -0.2) is 9.97 Å². The number of nitrogens with zero attached hydrogens (tertiary/aromatic N) is 3. The minimum atomic E-state index is -0.316. The van der Waals surface area contributed by atoms with Crippen LogP contribution in [0.1, 0.15) is 10.5 Å². The van der Waals surface area contributed by atoms with E-state index in [1.807, 2.05) is 30.1 Å². The van der Waals surface area contributed by atoms with Gasteiger partial charge in [0.15, 0.2) is 0 Å². The van der Waals surface area contributed by atoms with Crippen LogP contribution < -0.4 is 15.0 Å². The van der Waals surface area contributed by atoms with Crippen molar-refractivity contribution in [1.82, 2.24) is 9.97 Å². The van der Waals surface area contributed by atoms with Crippen molar-refractivity contribution in [3.63, 3.8) is 0 Å². The van der Waals surface area contributed by atoms with Crippen LogP contribution in [0.3, 0.4) is 0 Å². The van der Waals surface area contributed by atoms with Crippen LogP contribution in [0.25, 0.3) is 10.6 Å². The standard InChI is InChI=1S/C20H19ClN4O2S2/c1-27-17-4-3-14(21)10-15(17)23-19(26)16-12-29-20(24-16)13-2-5-18(22-11-13)25-6-8-28-9-7-25/h2-5,10-12H,6-9H2,1H3,(H,23,26). The number of hydrogen-bond donors (Lipinski definition) is 1. The quantitative estimate of drug-likeness (QED) is 0.614. The van der Waals surface area contributed by atoms with Gasteiger partial charge >= 0.3 is 0 Å².